The predicted octanol–water partition coefficient (Wildman–Crippen LogP) is 4.33. The first-order chi connectivity index (χ1) is 17.4. The van der Waals surface area contributed by atoms with Crippen LogP contribution in [0.2, 0.25) is 0 Å². The van der Waals surface area contributed by atoms with Gasteiger partial charge in [-0.3, -0.25) is 13.4 Å². The molecule has 0 radical (unpaired) electrons. The fraction of sp³-hybridized carbons (Fsp3) is 0.318. The minimum atomic E-state index is -6.06. The minimum absolute atomic E-state index is 0.107. The number of carbonyl (C=O) groups excluding carboxylic acids is 1. The quantitative estimate of drug-likeness (QED) is 0.239. The maximum absolute atomic E-state index is 13.2. The summed E-state index contributed by atoms with van der Waals surface area (Å²) in [5.41, 5.74) is -3.81. The Balaban J connectivity index is 1.76. The Kier molecular flexibility index (Phi) is 6.27. The van der Waals surface area contributed by atoms with Crippen LogP contribution in [0.5, 0.6) is 5.75 Å². The topological polar surface area (TPSA) is 111 Å². The molecule has 0 saturated carbocycles. The van der Waals surface area contributed by atoms with Crippen molar-refractivity contribution in [2.24, 2.45) is 0 Å². The summed E-state index contributed by atoms with van der Waals surface area (Å²) in [7, 11) is -6.24. The van der Waals surface area contributed by atoms with Gasteiger partial charge in [0.2, 0.25) is 0 Å². The van der Waals surface area contributed by atoms with Gasteiger partial charge in [-0.25, -0.2) is 9.97 Å². The molecule has 4 heterocycles. The molecule has 5 rings (SSSR count). The highest BCUT2D eigenvalue weighted by Crippen LogP contribution is 2.44. The summed E-state index contributed by atoms with van der Waals surface area (Å²) >= 11 is 0.838. The summed E-state index contributed by atoms with van der Waals surface area (Å²) in [6.07, 6.45) is 4.25. The minimum Gasteiger partial charge on any atom is -0.371 e. The normalized spacial score (nSPS) is 15.1. The number of nitrogens with zero attached hydrogens (tertiary/aromatic N) is 4. The Morgan fingerprint density at radius 3 is 2.73 bits per heavy atom. The van der Waals surface area contributed by atoms with E-state index in [9.17, 15) is 30.6 Å². The standard InChI is InChI=1S/C22H19F3N4O5S3/c1-3-4-9-36(31)21-16(34-37(32,33)22(23,24)25)15-17(35-21)19-26-7-8-29(19)18(27-15)12-5-6-14-13(10-12)11-28(2)20(14)30/h5-8,10H,3-4,9,11H2,1-2H3. The Hall–Kier alpha value is -3.04. The Morgan fingerprint density at radius 1 is 1.27 bits per heavy atom. The van der Waals surface area contributed by atoms with Gasteiger partial charge >= 0.3 is 15.6 Å². The third kappa shape index (κ3) is 4.28. The van der Waals surface area contributed by atoms with Gasteiger partial charge in [-0.1, -0.05) is 19.4 Å². The zero-order valence-corrected chi connectivity index (χ0v) is 21.9. The van der Waals surface area contributed by atoms with Crippen molar-refractivity contribution < 1.29 is 34.8 Å². The van der Waals surface area contributed by atoms with Crippen molar-refractivity contribution in [3.8, 4) is 17.1 Å². The van der Waals surface area contributed by atoms with Crippen molar-refractivity contribution in [1.82, 2.24) is 19.3 Å². The number of amides is 1. The van der Waals surface area contributed by atoms with Crippen molar-refractivity contribution in [3.63, 3.8) is 0 Å². The Morgan fingerprint density at radius 2 is 2.03 bits per heavy atom. The molecule has 0 bridgehead atoms. The van der Waals surface area contributed by atoms with Gasteiger partial charge in [-0.2, -0.15) is 21.6 Å². The Labute approximate surface area is 215 Å². The number of hydrogen-bond acceptors (Lipinski definition) is 8. The number of thiophene rings is 1. The fourth-order valence-corrected chi connectivity index (χ4v) is 7.43. The summed E-state index contributed by atoms with van der Waals surface area (Å²) in [5.74, 6) is -0.504. The molecule has 0 spiro atoms. The third-order valence-electron chi connectivity index (χ3n) is 5.81. The molecule has 1 aromatic carbocycles. The average molecular weight is 573 g/mol. The van der Waals surface area contributed by atoms with Gasteiger partial charge in [0.1, 0.15) is 20.3 Å². The van der Waals surface area contributed by atoms with Crippen LogP contribution in [0.15, 0.2) is 34.8 Å². The van der Waals surface area contributed by atoms with Gasteiger partial charge in [0.05, 0.1) is 10.8 Å². The molecule has 9 nitrogen and oxygen atoms in total. The highest BCUT2D eigenvalue weighted by atomic mass is 32.2. The van der Waals surface area contributed by atoms with Crippen LogP contribution in [0.3, 0.4) is 0 Å². The van der Waals surface area contributed by atoms with Gasteiger partial charge in [-0.05, 0) is 24.1 Å². The van der Waals surface area contributed by atoms with E-state index in [0.717, 1.165) is 16.9 Å². The molecule has 0 saturated heterocycles. The van der Waals surface area contributed by atoms with E-state index in [1.165, 1.54) is 6.20 Å². The van der Waals surface area contributed by atoms with Crippen LogP contribution < -0.4 is 4.18 Å². The second-order valence-corrected chi connectivity index (χ2v) is 12.7. The maximum atomic E-state index is 13.2. The summed E-state index contributed by atoms with van der Waals surface area (Å²) in [6, 6.07) is 5.02. The van der Waals surface area contributed by atoms with E-state index in [4.69, 9.17) is 0 Å². The SMILES string of the molecule is CCCCS(=O)c1sc2c(nc(-c3ccc4c(c3)CN(C)C4=O)n3ccnc23)c1OS(=O)(=O)C(F)(F)F. The number of rotatable bonds is 7. The lowest BCUT2D eigenvalue weighted by molar-refractivity contribution is -0.0500. The van der Waals surface area contributed by atoms with Crippen molar-refractivity contribution in [2.45, 2.75) is 36.0 Å². The molecule has 196 valence electrons. The highest BCUT2D eigenvalue weighted by Gasteiger charge is 2.49. The first-order valence-electron chi connectivity index (χ1n) is 11.0. The monoisotopic (exact) mass is 572 g/mol. The molecule has 0 fully saturated rings. The molecule has 1 aliphatic heterocycles. The number of halogens is 3. The van der Waals surface area contributed by atoms with Gasteiger partial charge in [-0.15, -0.1) is 11.3 Å². The van der Waals surface area contributed by atoms with E-state index in [0.29, 0.717) is 30.5 Å². The number of aromatic nitrogens is 3. The number of unbranched alkanes of at least 4 members (excludes halogenated alkanes) is 1. The molecule has 4 aromatic rings. The summed E-state index contributed by atoms with van der Waals surface area (Å²) in [4.78, 5) is 22.6. The number of fused-ring (bicyclic) bond motifs is 4. The predicted molar refractivity (Wildman–Crippen MR) is 131 cm³/mol. The van der Waals surface area contributed by atoms with Crippen LogP contribution in [0.25, 0.3) is 27.3 Å². The van der Waals surface area contributed by atoms with Gasteiger partial charge in [0.25, 0.3) is 5.91 Å². The van der Waals surface area contributed by atoms with E-state index >= 15 is 0 Å². The average Bonchev–Trinajstić information content (AvgIpc) is 3.52. The van der Waals surface area contributed by atoms with Crippen LogP contribution in [0.4, 0.5) is 13.2 Å². The van der Waals surface area contributed by atoms with E-state index in [2.05, 4.69) is 14.2 Å². The number of hydrogen-bond donors (Lipinski definition) is 0. The van der Waals surface area contributed by atoms with Crippen LogP contribution >= 0.6 is 11.3 Å². The van der Waals surface area contributed by atoms with E-state index in [1.54, 1.807) is 40.7 Å². The largest absolute Gasteiger partial charge is 0.534 e. The molecule has 1 atom stereocenters. The lowest BCUT2D eigenvalue weighted by atomic mass is 10.1. The lowest BCUT2D eigenvalue weighted by Gasteiger charge is -2.11. The van der Waals surface area contributed by atoms with Crippen LogP contribution in [0, 0.1) is 0 Å². The first-order valence-corrected chi connectivity index (χ1v) is 14.5. The third-order valence-corrected chi connectivity index (χ3v) is 9.78. The van der Waals surface area contributed by atoms with Crippen LogP contribution in [-0.2, 0) is 27.5 Å². The van der Waals surface area contributed by atoms with Crippen molar-refractivity contribution >= 4 is 54.0 Å². The highest BCUT2D eigenvalue weighted by molar-refractivity contribution is 7.88. The van der Waals surface area contributed by atoms with Crippen molar-refractivity contribution in [1.29, 1.82) is 0 Å². The second kappa shape index (κ2) is 9.06. The molecular weight excluding hydrogens is 553 g/mol. The maximum Gasteiger partial charge on any atom is 0.534 e. The summed E-state index contributed by atoms with van der Waals surface area (Å²) in [6.45, 7) is 2.23. The number of alkyl halides is 3. The molecule has 3 aromatic heterocycles. The van der Waals surface area contributed by atoms with Gasteiger partial charge in [0.15, 0.2) is 11.4 Å². The molecule has 37 heavy (non-hydrogen) atoms. The Bertz CT molecular complexity index is 1700. The molecule has 15 heteroatoms. The van der Waals surface area contributed by atoms with Crippen LogP contribution in [-0.4, -0.2) is 56.1 Å². The smallest absolute Gasteiger partial charge is 0.371 e. The molecule has 0 aliphatic carbocycles. The number of carbonyl (C=O) groups is 1. The molecular formula is C22H19F3N4O5S3. The molecule has 1 amide bonds. The molecule has 1 aliphatic rings. The van der Waals surface area contributed by atoms with E-state index in [-0.39, 0.29) is 37.6 Å². The van der Waals surface area contributed by atoms with Crippen molar-refractivity contribution in [3.05, 3.63) is 41.7 Å². The van der Waals surface area contributed by atoms with Crippen LogP contribution in [0.1, 0.15) is 35.7 Å². The zero-order chi connectivity index (χ0) is 26.7. The lowest BCUT2D eigenvalue weighted by Crippen LogP contribution is -2.28. The second-order valence-electron chi connectivity index (χ2n) is 8.37. The number of benzene rings is 1. The number of imidazole rings is 1. The van der Waals surface area contributed by atoms with Crippen molar-refractivity contribution in [2.75, 3.05) is 12.8 Å². The first kappa shape index (κ1) is 25.6. The molecule has 1 unspecified atom stereocenters. The zero-order valence-electron chi connectivity index (χ0n) is 19.4. The van der Waals surface area contributed by atoms with E-state index < -0.39 is 32.2 Å². The van der Waals surface area contributed by atoms with Gasteiger partial charge < -0.3 is 9.08 Å². The summed E-state index contributed by atoms with van der Waals surface area (Å²) < 4.78 is 83.0. The molecule has 0 N–H and O–H groups in total. The summed E-state index contributed by atoms with van der Waals surface area (Å²) in [5, 5.41) is 0. The fourth-order valence-electron chi connectivity index (χ4n) is 4.00. The van der Waals surface area contributed by atoms with Gasteiger partial charge in [0, 0.05) is 42.9 Å². The van der Waals surface area contributed by atoms with E-state index in [1.807, 2.05) is 6.92 Å².